The zero-order chi connectivity index (χ0) is 11.5. The van der Waals surface area contributed by atoms with Crippen molar-refractivity contribution in [2.24, 2.45) is 11.7 Å². The molecule has 2 nitrogen and oxygen atoms in total. The summed E-state index contributed by atoms with van der Waals surface area (Å²) in [7, 11) is 1.75. The number of fused-ring (bicyclic) bond motifs is 1. The monoisotopic (exact) mass is 219 g/mol. The molecule has 3 unspecified atom stereocenters. The number of methoxy groups -OCH3 is 1. The summed E-state index contributed by atoms with van der Waals surface area (Å²) in [6.45, 7) is 3.04. The van der Waals surface area contributed by atoms with E-state index in [0.29, 0.717) is 11.8 Å². The van der Waals surface area contributed by atoms with Crippen LogP contribution in [0.4, 0.5) is 0 Å². The first-order chi connectivity index (χ1) is 7.74. The maximum absolute atomic E-state index is 6.32. The van der Waals surface area contributed by atoms with Crippen LogP contribution in [-0.4, -0.2) is 19.8 Å². The van der Waals surface area contributed by atoms with E-state index in [2.05, 4.69) is 31.2 Å². The normalized spacial score (nSPS) is 22.1. The summed E-state index contributed by atoms with van der Waals surface area (Å²) < 4.78 is 5.11. The molecule has 2 N–H and O–H groups in total. The number of rotatable bonds is 5. The third-order valence-electron chi connectivity index (χ3n) is 3.79. The van der Waals surface area contributed by atoms with Crippen LogP contribution in [0.15, 0.2) is 24.3 Å². The van der Waals surface area contributed by atoms with E-state index in [9.17, 15) is 0 Å². The Morgan fingerprint density at radius 3 is 2.88 bits per heavy atom. The molecule has 16 heavy (non-hydrogen) atoms. The van der Waals surface area contributed by atoms with Gasteiger partial charge in [0.05, 0.1) is 0 Å². The first-order valence-corrected chi connectivity index (χ1v) is 6.06. The maximum Gasteiger partial charge on any atom is 0.0465 e. The first kappa shape index (κ1) is 11.6. The van der Waals surface area contributed by atoms with Gasteiger partial charge in [-0.3, -0.25) is 0 Å². The van der Waals surface area contributed by atoms with Gasteiger partial charge in [0, 0.05) is 25.7 Å². The van der Waals surface area contributed by atoms with Gasteiger partial charge in [-0.1, -0.05) is 31.2 Å². The van der Waals surface area contributed by atoms with Gasteiger partial charge in [-0.2, -0.15) is 0 Å². The highest BCUT2D eigenvalue weighted by Crippen LogP contribution is 2.38. The second kappa shape index (κ2) is 4.98. The van der Waals surface area contributed by atoms with Crippen molar-refractivity contribution in [1.29, 1.82) is 0 Å². The molecule has 2 rings (SSSR count). The summed E-state index contributed by atoms with van der Waals surface area (Å²) in [6, 6.07) is 8.90. The van der Waals surface area contributed by atoms with Crippen molar-refractivity contribution in [3.8, 4) is 0 Å². The van der Waals surface area contributed by atoms with Crippen molar-refractivity contribution in [2.45, 2.75) is 31.7 Å². The highest BCUT2D eigenvalue weighted by atomic mass is 16.5. The summed E-state index contributed by atoms with van der Waals surface area (Å²) in [5.41, 5.74) is 9.25. The summed E-state index contributed by atoms with van der Waals surface area (Å²) in [5, 5.41) is 0. The van der Waals surface area contributed by atoms with Crippen molar-refractivity contribution in [2.75, 3.05) is 13.7 Å². The number of hydrogen-bond acceptors (Lipinski definition) is 2. The fourth-order valence-corrected chi connectivity index (χ4v) is 2.53. The fourth-order valence-electron chi connectivity index (χ4n) is 2.53. The molecule has 0 saturated heterocycles. The molecule has 0 aliphatic heterocycles. The van der Waals surface area contributed by atoms with Crippen LogP contribution in [0.3, 0.4) is 0 Å². The van der Waals surface area contributed by atoms with Crippen molar-refractivity contribution in [1.82, 2.24) is 0 Å². The maximum atomic E-state index is 6.32. The molecule has 2 heteroatoms. The summed E-state index contributed by atoms with van der Waals surface area (Å²) in [6.07, 6.45) is 2.20. The van der Waals surface area contributed by atoms with Gasteiger partial charge in [-0.15, -0.1) is 0 Å². The lowest BCUT2D eigenvalue weighted by Gasteiger charge is -2.37. The third kappa shape index (κ3) is 2.13. The summed E-state index contributed by atoms with van der Waals surface area (Å²) >= 11 is 0. The van der Waals surface area contributed by atoms with Crippen LogP contribution < -0.4 is 5.73 Å². The average molecular weight is 219 g/mol. The molecular formula is C14H21NO. The zero-order valence-electron chi connectivity index (χ0n) is 10.1. The Balaban J connectivity index is 1.95. The lowest BCUT2D eigenvalue weighted by Crippen LogP contribution is -2.40. The minimum absolute atomic E-state index is 0.269. The van der Waals surface area contributed by atoms with Gasteiger partial charge < -0.3 is 10.5 Å². The molecule has 1 aliphatic rings. The van der Waals surface area contributed by atoms with E-state index < -0.39 is 0 Å². The van der Waals surface area contributed by atoms with Gasteiger partial charge in [0.25, 0.3) is 0 Å². The van der Waals surface area contributed by atoms with Gasteiger partial charge in [0.1, 0.15) is 0 Å². The number of ether oxygens (including phenoxy) is 1. The van der Waals surface area contributed by atoms with E-state index in [1.165, 1.54) is 11.1 Å². The minimum Gasteiger partial charge on any atom is -0.385 e. The van der Waals surface area contributed by atoms with Crippen molar-refractivity contribution in [3.05, 3.63) is 35.4 Å². The van der Waals surface area contributed by atoms with Gasteiger partial charge in [-0.05, 0) is 29.9 Å². The molecule has 0 heterocycles. The second-order valence-corrected chi connectivity index (χ2v) is 4.85. The Morgan fingerprint density at radius 1 is 1.44 bits per heavy atom. The van der Waals surface area contributed by atoms with E-state index in [1.807, 2.05) is 0 Å². The van der Waals surface area contributed by atoms with Crippen LogP contribution in [-0.2, 0) is 11.2 Å². The molecule has 1 aliphatic carbocycles. The predicted octanol–water partition coefficient (Wildman–Crippen LogP) is 2.33. The Kier molecular flexibility index (Phi) is 3.62. The second-order valence-electron chi connectivity index (χ2n) is 4.85. The Labute approximate surface area is 97.8 Å². The minimum atomic E-state index is 0.269. The number of nitrogens with two attached hydrogens (primary N) is 1. The first-order valence-electron chi connectivity index (χ1n) is 6.06. The predicted molar refractivity (Wildman–Crippen MR) is 66.5 cm³/mol. The van der Waals surface area contributed by atoms with Crippen molar-refractivity contribution in [3.63, 3.8) is 0 Å². The SMILES string of the molecule is COCCC(C)C(N)C1Cc2ccccc21. The van der Waals surface area contributed by atoms with E-state index >= 15 is 0 Å². The molecule has 0 aromatic heterocycles. The highest BCUT2D eigenvalue weighted by molar-refractivity contribution is 5.41. The fraction of sp³-hybridized carbons (Fsp3) is 0.571. The standard InChI is InChI=1S/C14H21NO/c1-10(7-8-16-2)14(15)13-9-11-5-3-4-6-12(11)13/h3-6,10,13-14H,7-9,15H2,1-2H3. The van der Waals surface area contributed by atoms with E-state index in [0.717, 1.165) is 19.4 Å². The summed E-state index contributed by atoms with van der Waals surface area (Å²) in [4.78, 5) is 0. The molecule has 88 valence electrons. The molecule has 1 aromatic rings. The lowest BCUT2D eigenvalue weighted by molar-refractivity contribution is 0.170. The van der Waals surface area contributed by atoms with Crippen LogP contribution in [0.25, 0.3) is 0 Å². The molecule has 0 amide bonds. The molecule has 3 atom stereocenters. The number of hydrogen-bond donors (Lipinski definition) is 1. The van der Waals surface area contributed by atoms with E-state index in [4.69, 9.17) is 10.5 Å². The van der Waals surface area contributed by atoms with E-state index in [1.54, 1.807) is 7.11 Å². The Hall–Kier alpha value is -0.860. The third-order valence-corrected chi connectivity index (χ3v) is 3.79. The molecule has 1 aromatic carbocycles. The molecular weight excluding hydrogens is 198 g/mol. The molecule has 0 spiro atoms. The molecule has 0 bridgehead atoms. The Morgan fingerprint density at radius 2 is 2.19 bits per heavy atom. The smallest absolute Gasteiger partial charge is 0.0465 e. The lowest BCUT2D eigenvalue weighted by atomic mass is 9.70. The number of benzene rings is 1. The van der Waals surface area contributed by atoms with Crippen LogP contribution >= 0.6 is 0 Å². The van der Waals surface area contributed by atoms with Crippen LogP contribution in [0.2, 0.25) is 0 Å². The van der Waals surface area contributed by atoms with E-state index in [-0.39, 0.29) is 6.04 Å². The summed E-state index contributed by atoms with van der Waals surface area (Å²) in [5.74, 6) is 1.08. The van der Waals surface area contributed by atoms with Crippen molar-refractivity contribution >= 4 is 0 Å². The van der Waals surface area contributed by atoms with Gasteiger partial charge >= 0.3 is 0 Å². The largest absolute Gasteiger partial charge is 0.385 e. The van der Waals surface area contributed by atoms with Crippen molar-refractivity contribution < 1.29 is 4.74 Å². The molecule has 0 fully saturated rings. The topological polar surface area (TPSA) is 35.2 Å². The van der Waals surface area contributed by atoms with Crippen LogP contribution in [0.5, 0.6) is 0 Å². The van der Waals surface area contributed by atoms with Gasteiger partial charge in [0.15, 0.2) is 0 Å². The van der Waals surface area contributed by atoms with Gasteiger partial charge in [-0.25, -0.2) is 0 Å². The highest BCUT2D eigenvalue weighted by Gasteiger charge is 2.32. The zero-order valence-corrected chi connectivity index (χ0v) is 10.1. The quantitative estimate of drug-likeness (QED) is 0.825. The van der Waals surface area contributed by atoms with Gasteiger partial charge in [0.2, 0.25) is 0 Å². The molecule has 0 radical (unpaired) electrons. The van der Waals surface area contributed by atoms with Crippen LogP contribution in [0, 0.1) is 5.92 Å². The van der Waals surface area contributed by atoms with Crippen LogP contribution in [0.1, 0.15) is 30.4 Å². The molecule has 0 saturated carbocycles. The Bertz CT molecular complexity index is 350. The average Bonchev–Trinajstić information content (AvgIpc) is 2.27.